The van der Waals surface area contributed by atoms with Gasteiger partial charge in [-0.1, -0.05) is 17.7 Å². The number of hydrogen-bond acceptors (Lipinski definition) is 4. The Balaban J connectivity index is 2.74. The lowest BCUT2D eigenvalue weighted by Gasteiger charge is -2.06. The molecule has 1 unspecified atom stereocenters. The largest absolute Gasteiger partial charge is 0.382 e. The lowest BCUT2D eigenvalue weighted by Crippen LogP contribution is -2.23. The Labute approximate surface area is 97.3 Å². The molecule has 0 saturated carbocycles. The van der Waals surface area contributed by atoms with Gasteiger partial charge in [0.1, 0.15) is 5.15 Å². The molecular weight excluding hydrogens is 232 g/mol. The van der Waals surface area contributed by atoms with Crippen LogP contribution in [0, 0.1) is 10.1 Å². The van der Waals surface area contributed by atoms with Crippen LogP contribution in [0.2, 0.25) is 5.15 Å². The fourth-order valence-electron chi connectivity index (χ4n) is 1.13. The minimum atomic E-state index is -0.522. The Bertz CT molecular complexity index is 404. The van der Waals surface area contributed by atoms with Gasteiger partial charge in [-0.25, -0.2) is 4.98 Å². The van der Waals surface area contributed by atoms with Gasteiger partial charge >= 0.3 is 0 Å². The summed E-state index contributed by atoms with van der Waals surface area (Å²) in [4.78, 5) is 17.5. The van der Waals surface area contributed by atoms with Crippen LogP contribution in [-0.4, -0.2) is 22.3 Å². The molecule has 1 atom stereocenters. The van der Waals surface area contributed by atoms with Crippen LogP contribution >= 0.6 is 11.6 Å². The van der Waals surface area contributed by atoms with E-state index in [4.69, 9.17) is 17.3 Å². The summed E-state index contributed by atoms with van der Waals surface area (Å²) >= 11 is 5.63. The molecule has 16 heavy (non-hydrogen) atoms. The molecule has 6 nitrogen and oxygen atoms in total. The Hall–Kier alpha value is -1.69. The summed E-state index contributed by atoms with van der Waals surface area (Å²) in [5.41, 5.74) is 6.21. The number of hydrogen-bond donors (Lipinski definition) is 1. The van der Waals surface area contributed by atoms with Crippen molar-refractivity contribution in [3.63, 3.8) is 0 Å². The summed E-state index contributed by atoms with van der Waals surface area (Å²) in [6, 6.07) is 3.11. The molecule has 0 fully saturated rings. The van der Waals surface area contributed by atoms with Crippen LogP contribution in [0.5, 0.6) is 0 Å². The third-order valence-corrected chi connectivity index (χ3v) is 2.11. The quantitative estimate of drug-likeness (QED) is 0.284. The normalized spacial score (nSPS) is 13.5. The van der Waals surface area contributed by atoms with Gasteiger partial charge < -0.3 is 5.73 Å². The molecule has 0 aromatic carbocycles. The molecule has 0 bridgehead atoms. The SMILES string of the molecule is CC(N=C(N)C[N+](=O)[O-])c1ccc(Cl)nc1. The van der Waals surface area contributed by atoms with Gasteiger partial charge in [0, 0.05) is 11.1 Å². The lowest BCUT2D eigenvalue weighted by atomic mass is 10.1. The summed E-state index contributed by atoms with van der Waals surface area (Å²) < 4.78 is 0. The zero-order valence-corrected chi connectivity index (χ0v) is 9.39. The molecule has 1 aromatic heterocycles. The topological polar surface area (TPSA) is 94.4 Å². The van der Waals surface area contributed by atoms with Crippen molar-refractivity contribution in [1.29, 1.82) is 0 Å². The third-order valence-electron chi connectivity index (χ3n) is 1.88. The first-order valence-electron chi connectivity index (χ1n) is 4.54. The van der Waals surface area contributed by atoms with Gasteiger partial charge in [0.15, 0.2) is 5.84 Å². The van der Waals surface area contributed by atoms with Crippen LogP contribution in [0.25, 0.3) is 0 Å². The summed E-state index contributed by atoms with van der Waals surface area (Å²) in [5.74, 6) is -0.00699. The summed E-state index contributed by atoms with van der Waals surface area (Å²) in [5, 5.41) is 10.6. The molecule has 0 aliphatic heterocycles. The van der Waals surface area contributed by atoms with E-state index in [0.717, 1.165) is 5.56 Å². The van der Waals surface area contributed by atoms with Gasteiger partial charge in [-0.3, -0.25) is 15.1 Å². The predicted octanol–water partition coefficient (Wildman–Crippen LogP) is 1.43. The molecule has 0 saturated heterocycles. The summed E-state index contributed by atoms with van der Waals surface area (Å²) in [6.45, 7) is 1.32. The molecule has 0 spiro atoms. The smallest absolute Gasteiger partial charge is 0.259 e. The molecule has 0 amide bonds. The van der Waals surface area contributed by atoms with Gasteiger partial charge in [0.2, 0.25) is 0 Å². The second-order valence-corrected chi connectivity index (χ2v) is 3.59. The number of nitro groups is 1. The van der Waals surface area contributed by atoms with Gasteiger partial charge in [-0.15, -0.1) is 0 Å². The fraction of sp³-hybridized carbons (Fsp3) is 0.333. The number of aromatic nitrogens is 1. The van der Waals surface area contributed by atoms with E-state index in [0.29, 0.717) is 5.15 Å². The number of aliphatic imine (C=N–C) groups is 1. The number of nitrogens with two attached hydrogens (primary N) is 1. The maximum Gasteiger partial charge on any atom is 0.259 e. The van der Waals surface area contributed by atoms with E-state index in [1.807, 2.05) is 0 Å². The first kappa shape index (κ1) is 12.4. The molecule has 1 heterocycles. The highest BCUT2D eigenvalue weighted by Crippen LogP contribution is 2.16. The van der Waals surface area contributed by atoms with E-state index in [1.54, 1.807) is 25.3 Å². The third kappa shape index (κ3) is 3.82. The van der Waals surface area contributed by atoms with Gasteiger partial charge in [-0.05, 0) is 18.6 Å². The van der Waals surface area contributed by atoms with Crippen LogP contribution in [0.1, 0.15) is 18.5 Å². The monoisotopic (exact) mass is 242 g/mol. The molecule has 0 aliphatic rings. The Kier molecular flexibility index (Phi) is 4.19. The Morgan fingerprint density at radius 3 is 2.94 bits per heavy atom. The van der Waals surface area contributed by atoms with Crippen molar-refractivity contribution in [1.82, 2.24) is 4.98 Å². The average molecular weight is 243 g/mol. The zero-order valence-electron chi connectivity index (χ0n) is 8.63. The molecule has 1 rings (SSSR count). The maximum atomic E-state index is 10.2. The van der Waals surface area contributed by atoms with Crippen molar-refractivity contribution in [2.24, 2.45) is 10.7 Å². The molecule has 0 aliphatic carbocycles. The highest BCUT2D eigenvalue weighted by molar-refractivity contribution is 6.29. The van der Waals surface area contributed by atoms with Gasteiger partial charge in [0.05, 0.1) is 6.04 Å². The molecule has 1 aromatic rings. The van der Waals surface area contributed by atoms with E-state index >= 15 is 0 Å². The highest BCUT2D eigenvalue weighted by atomic mass is 35.5. The zero-order chi connectivity index (χ0) is 12.1. The summed E-state index contributed by atoms with van der Waals surface area (Å²) in [6.07, 6.45) is 1.57. The van der Waals surface area contributed by atoms with E-state index in [9.17, 15) is 10.1 Å². The van der Waals surface area contributed by atoms with Crippen LogP contribution < -0.4 is 5.73 Å². The van der Waals surface area contributed by atoms with E-state index in [2.05, 4.69) is 9.98 Å². The molecule has 2 N–H and O–H groups in total. The van der Waals surface area contributed by atoms with Crippen LogP contribution in [0.4, 0.5) is 0 Å². The van der Waals surface area contributed by atoms with E-state index in [1.165, 1.54) is 0 Å². The van der Waals surface area contributed by atoms with Gasteiger partial charge in [-0.2, -0.15) is 0 Å². The number of nitrogens with zero attached hydrogens (tertiary/aromatic N) is 3. The Morgan fingerprint density at radius 1 is 1.75 bits per heavy atom. The van der Waals surface area contributed by atoms with E-state index < -0.39 is 11.5 Å². The highest BCUT2D eigenvalue weighted by Gasteiger charge is 2.07. The van der Waals surface area contributed by atoms with Crippen molar-refractivity contribution in [2.75, 3.05) is 6.54 Å². The second-order valence-electron chi connectivity index (χ2n) is 3.20. The van der Waals surface area contributed by atoms with Crippen molar-refractivity contribution >= 4 is 17.4 Å². The molecule has 7 heteroatoms. The standard InChI is InChI=1S/C9H11ClN4O2/c1-6(13-9(11)5-14(15)16)7-2-3-8(10)12-4-7/h2-4,6H,5H2,1H3,(H2,11,13). The maximum absolute atomic E-state index is 10.2. The number of pyridine rings is 1. The number of halogens is 1. The Morgan fingerprint density at radius 2 is 2.44 bits per heavy atom. The minimum absolute atomic E-state index is 0.00699. The van der Waals surface area contributed by atoms with Crippen molar-refractivity contribution in [3.05, 3.63) is 39.2 Å². The summed E-state index contributed by atoms with van der Waals surface area (Å²) in [7, 11) is 0. The first-order valence-corrected chi connectivity index (χ1v) is 4.92. The lowest BCUT2D eigenvalue weighted by molar-refractivity contribution is -0.463. The number of amidine groups is 1. The van der Waals surface area contributed by atoms with E-state index in [-0.39, 0.29) is 11.9 Å². The van der Waals surface area contributed by atoms with Crippen LogP contribution in [0.15, 0.2) is 23.3 Å². The van der Waals surface area contributed by atoms with Crippen molar-refractivity contribution < 1.29 is 4.92 Å². The predicted molar refractivity (Wildman–Crippen MR) is 61.1 cm³/mol. The fourth-order valence-corrected chi connectivity index (χ4v) is 1.24. The average Bonchev–Trinajstić information content (AvgIpc) is 2.16. The van der Waals surface area contributed by atoms with Gasteiger partial charge in [0.25, 0.3) is 6.54 Å². The van der Waals surface area contributed by atoms with Crippen molar-refractivity contribution in [3.8, 4) is 0 Å². The molecule has 86 valence electrons. The molecule has 0 radical (unpaired) electrons. The minimum Gasteiger partial charge on any atom is -0.382 e. The first-order chi connectivity index (χ1) is 7.49. The van der Waals surface area contributed by atoms with Crippen molar-refractivity contribution in [2.45, 2.75) is 13.0 Å². The van der Waals surface area contributed by atoms with Crippen LogP contribution in [-0.2, 0) is 0 Å². The molecular formula is C9H11ClN4O2. The number of rotatable bonds is 4. The van der Waals surface area contributed by atoms with Crippen LogP contribution in [0.3, 0.4) is 0 Å². The second kappa shape index (κ2) is 5.41.